The number of hydrogen-bond donors (Lipinski definition) is 1. The maximum absolute atomic E-state index is 13.3. The third-order valence-electron chi connectivity index (χ3n) is 6.58. The number of esters is 1. The van der Waals surface area contributed by atoms with Crippen LogP contribution in [-0.4, -0.2) is 45.8 Å². The summed E-state index contributed by atoms with van der Waals surface area (Å²) >= 11 is 0. The highest BCUT2D eigenvalue weighted by Crippen LogP contribution is 2.53. The van der Waals surface area contributed by atoms with E-state index in [-0.39, 0.29) is 18.7 Å². The van der Waals surface area contributed by atoms with E-state index in [1.54, 1.807) is 32.9 Å². The van der Waals surface area contributed by atoms with E-state index in [1.165, 1.54) is 11.8 Å². The van der Waals surface area contributed by atoms with Crippen LogP contribution in [0.15, 0.2) is 24.3 Å². The average molecular weight is 484 g/mol. The van der Waals surface area contributed by atoms with Crippen LogP contribution >= 0.6 is 0 Å². The first-order valence-corrected chi connectivity index (χ1v) is 12.0. The van der Waals surface area contributed by atoms with Crippen LogP contribution in [0.5, 0.6) is 11.5 Å². The van der Waals surface area contributed by atoms with Gasteiger partial charge >= 0.3 is 18.0 Å². The maximum Gasteiger partial charge on any atom is 0.411 e. The van der Waals surface area contributed by atoms with E-state index < -0.39 is 34.8 Å². The molecule has 2 heterocycles. The van der Waals surface area contributed by atoms with Crippen LogP contribution in [-0.2, 0) is 26.3 Å². The molecule has 0 unspecified atom stereocenters. The lowest BCUT2D eigenvalue weighted by Gasteiger charge is -2.40. The Balaban J connectivity index is 2.08. The molecule has 0 bridgehead atoms. The summed E-state index contributed by atoms with van der Waals surface area (Å²) in [4.78, 5) is 40.0. The van der Waals surface area contributed by atoms with E-state index in [9.17, 15) is 19.5 Å². The molecular formula is C27H33NO7. The predicted molar refractivity (Wildman–Crippen MR) is 130 cm³/mol. The van der Waals surface area contributed by atoms with Crippen molar-refractivity contribution in [1.29, 1.82) is 0 Å². The highest BCUT2D eigenvalue weighted by atomic mass is 16.6. The van der Waals surface area contributed by atoms with Crippen LogP contribution in [0.2, 0.25) is 0 Å². The number of nitrogens with zero attached hydrogens (tertiary/aromatic N) is 1. The predicted octanol–water partition coefficient (Wildman–Crippen LogP) is 5.18. The van der Waals surface area contributed by atoms with E-state index in [1.807, 2.05) is 26.0 Å². The van der Waals surface area contributed by atoms with Crippen molar-refractivity contribution in [3.05, 3.63) is 35.4 Å². The van der Waals surface area contributed by atoms with Gasteiger partial charge in [0.2, 0.25) is 0 Å². The number of fused-ring (bicyclic) bond motifs is 3. The molecule has 1 amide bonds. The SMILES string of the molecule is CC(=O)Oc1c2c(c3ccccc3c1[C@]1(C(=O)O)CCCN1C(=O)OC(C)(C)C)OC(C)(C)CC2. The molecule has 0 saturated carbocycles. The molecule has 0 aliphatic carbocycles. The number of amides is 1. The summed E-state index contributed by atoms with van der Waals surface area (Å²) in [7, 11) is 0. The van der Waals surface area contributed by atoms with Crippen molar-refractivity contribution in [3.63, 3.8) is 0 Å². The molecule has 1 fully saturated rings. The Morgan fingerprint density at radius 1 is 1.09 bits per heavy atom. The monoisotopic (exact) mass is 483 g/mol. The topological polar surface area (TPSA) is 102 Å². The minimum atomic E-state index is -1.77. The molecule has 35 heavy (non-hydrogen) atoms. The lowest BCUT2D eigenvalue weighted by Crippen LogP contribution is -2.52. The fourth-order valence-electron chi connectivity index (χ4n) is 5.17. The van der Waals surface area contributed by atoms with Crippen molar-refractivity contribution in [2.45, 2.75) is 84.0 Å². The van der Waals surface area contributed by atoms with Gasteiger partial charge in [-0.25, -0.2) is 9.59 Å². The van der Waals surface area contributed by atoms with Crippen molar-refractivity contribution in [1.82, 2.24) is 4.90 Å². The summed E-state index contributed by atoms with van der Waals surface area (Å²) in [5.74, 6) is -1.02. The second-order valence-corrected chi connectivity index (χ2v) is 10.9. The number of benzene rings is 2. The van der Waals surface area contributed by atoms with E-state index in [0.717, 1.165) is 5.39 Å². The first-order chi connectivity index (χ1) is 16.3. The van der Waals surface area contributed by atoms with Crippen LogP contribution in [0.25, 0.3) is 10.8 Å². The highest BCUT2D eigenvalue weighted by molar-refractivity contribution is 6.01. The molecule has 2 aliphatic heterocycles. The quantitative estimate of drug-likeness (QED) is 0.474. The van der Waals surface area contributed by atoms with Gasteiger partial charge in [-0.2, -0.15) is 0 Å². The number of aliphatic carboxylic acids is 1. The molecule has 0 spiro atoms. The van der Waals surface area contributed by atoms with Gasteiger partial charge in [-0.3, -0.25) is 9.69 Å². The first kappa shape index (κ1) is 24.8. The Kier molecular flexibility index (Phi) is 5.98. The summed E-state index contributed by atoms with van der Waals surface area (Å²) in [5.41, 5.74) is -2.08. The fraction of sp³-hybridized carbons (Fsp3) is 0.519. The Labute approximate surface area is 205 Å². The first-order valence-electron chi connectivity index (χ1n) is 12.0. The lowest BCUT2D eigenvalue weighted by atomic mass is 9.79. The second kappa shape index (κ2) is 8.43. The zero-order valence-corrected chi connectivity index (χ0v) is 21.2. The Morgan fingerprint density at radius 2 is 1.74 bits per heavy atom. The van der Waals surface area contributed by atoms with Gasteiger partial charge < -0.3 is 19.3 Å². The molecule has 1 atom stereocenters. The summed E-state index contributed by atoms with van der Waals surface area (Å²) in [6.07, 6.45) is 1.09. The molecule has 4 rings (SSSR count). The summed E-state index contributed by atoms with van der Waals surface area (Å²) in [6.45, 7) is 10.7. The normalized spacial score (nSPS) is 21.3. The summed E-state index contributed by atoms with van der Waals surface area (Å²) in [6, 6.07) is 7.32. The molecule has 2 aromatic rings. The Bertz CT molecular complexity index is 1210. The van der Waals surface area contributed by atoms with Crippen LogP contribution < -0.4 is 9.47 Å². The third-order valence-corrected chi connectivity index (χ3v) is 6.58. The molecule has 188 valence electrons. The zero-order chi connectivity index (χ0) is 25.8. The van der Waals surface area contributed by atoms with Crippen molar-refractivity contribution in [2.75, 3.05) is 6.54 Å². The number of carboxylic acid groups (broad SMARTS) is 1. The molecule has 2 aliphatic rings. The second-order valence-electron chi connectivity index (χ2n) is 10.9. The van der Waals surface area contributed by atoms with Gasteiger partial charge in [0, 0.05) is 30.0 Å². The molecule has 0 radical (unpaired) electrons. The smallest absolute Gasteiger partial charge is 0.411 e. The van der Waals surface area contributed by atoms with E-state index in [0.29, 0.717) is 41.5 Å². The Morgan fingerprint density at radius 3 is 2.34 bits per heavy atom. The van der Waals surface area contributed by atoms with Gasteiger partial charge in [0.25, 0.3) is 0 Å². The van der Waals surface area contributed by atoms with Gasteiger partial charge in [0.05, 0.1) is 0 Å². The van der Waals surface area contributed by atoms with E-state index >= 15 is 0 Å². The molecule has 2 aromatic carbocycles. The molecule has 1 N–H and O–H groups in total. The highest BCUT2D eigenvalue weighted by Gasteiger charge is 2.56. The van der Waals surface area contributed by atoms with E-state index in [2.05, 4.69) is 0 Å². The number of likely N-dealkylation sites (tertiary alicyclic amines) is 1. The Hall–Kier alpha value is -3.29. The lowest BCUT2D eigenvalue weighted by molar-refractivity contribution is -0.150. The van der Waals surface area contributed by atoms with Crippen LogP contribution in [0.1, 0.15) is 71.9 Å². The average Bonchev–Trinajstić information content (AvgIpc) is 3.18. The number of carbonyl (C=O) groups excluding carboxylic acids is 2. The third kappa shape index (κ3) is 4.30. The fourth-order valence-corrected chi connectivity index (χ4v) is 5.17. The summed E-state index contributed by atoms with van der Waals surface area (Å²) < 4.78 is 17.8. The van der Waals surface area contributed by atoms with Gasteiger partial charge in [-0.15, -0.1) is 0 Å². The van der Waals surface area contributed by atoms with Crippen LogP contribution in [0, 0.1) is 0 Å². The van der Waals surface area contributed by atoms with Gasteiger partial charge in [-0.05, 0) is 65.7 Å². The van der Waals surface area contributed by atoms with E-state index in [4.69, 9.17) is 14.2 Å². The van der Waals surface area contributed by atoms with Gasteiger partial charge in [-0.1, -0.05) is 24.3 Å². The number of ether oxygens (including phenoxy) is 3. The number of hydrogen-bond acceptors (Lipinski definition) is 6. The van der Waals surface area contributed by atoms with Crippen molar-refractivity contribution in [2.24, 2.45) is 0 Å². The largest absolute Gasteiger partial charge is 0.487 e. The van der Waals surface area contributed by atoms with Gasteiger partial charge in [0.15, 0.2) is 5.54 Å². The minimum Gasteiger partial charge on any atom is -0.487 e. The molecule has 0 aromatic heterocycles. The van der Waals surface area contributed by atoms with Crippen LogP contribution in [0.3, 0.4) is 0 Å². The molecule has 8 heteroatoms. The van der Waals surface area contributed by atoms with Crippen LogP contribution in [0.4, 0.5) is 4.79 Å². The van der Waals surface area contributed by atoms with Crippen molar-refractivity contribution in [3.8, 4) is 11.5 Å². The molecule has 8 nitrogen and oxygen atoms in total. The standard InChI is InChI=1S/C27H33NO7/c1-16(29)33-22-19-12-14-26(5,6)34-21(19)18-11-8-7-10-17(18)20(22)27(23(30)31)13-9-15-28(27)24(32)35-25(2,3)4/h7-8,10-11H,9,12-15H2,1-6H3,(H,30,31)/t27-/m0/s1. The molecular weight excluding hydrogens is 450 g/mol. The minimum absolute atomic E-state index is 0.158. The number of rotatable bonds is 3. The van der Waals surface area contributed by atoms with Gasteiger partial charge in [0.1, 0.15) is 22.7 Å². The number of carboxylic acids is 1. The van der Waals surface area contributed by atoms with Crippen molar-refractivity contribution >= 4 is 28.8 Å². The van der Waals surface area contributed by atoms with Crippen molar-refractivity contribution < 1.29 is 33.7 Å². The maximum atomic E-state index is 13.3. The molecule has 1 saturated heterocycles. The number of carbonyl (C=O) groups is 3. The zero-order valence-electron chi connectivity index (χ0n) is 21.2. The summed E-state index contributed by atoms with van der Waals surface area (Å²) in [5, 5.41) is 12.0.